The summed E-state index contributed by atoms with van der Waals surface area (Å²) in [6.45, 7) is 2.37. The second-order valence-electron chi connectivity index (χ2n) is 7.06. The van der Waals surface area contributed by atoms with Crippen LogP contribution in [-0.2, 0) is 9.53 Å². The fourth-order valence-corrected chi connectivity index (χ4v) is 3.34. The summed E-state index contributed by atoms with van der Waals surface area (Å²) in [6, 6.07) is 4.53. The van der Waals surface area contributed by atoms with Gasteiger partial charge in [0.1, 0.15) is 11.9 Å². The lowest BCUT2D eigenvalue weighted by Crippen LogP contribution is -2.46. The van der Waals surface area contributed by atoms with Crippen LogP contribution in [0.4, 0.5) is 20.6 Å². The van der Waals surface area contributed by atoms with Crippen molar-refractivity contribution >= 4 is 23.4 Å². The number of cyclic esters (lactones) is 1. The van der Waals surface area contributed by atoms with Gasteiger partial charge in [0.2, 0.25) is 5.91 Å². The van der Waals surface area contributed by atoms with Gasteiger partial charge in [-0.15, -0.1) is 0 Å². The van der Waals surface area contributed by atoms with Crippen molar-refractivity contribution in [3.8, 4) is 0 Å². The average Bonchev–Trinajstić information content (AvgIpc) is 3.02. The number of carbonyl (C=O) groups is 2. The molecule has 1 atom stereocenters. The Morgan fingerprint density at radius 2 is 2.11 bits per heavy atom. The zero-order valence-corrected chi connectivity index (χ0v) is 15.2. The van der Waals surface area contributed by atoms with Gasteiger partial charge in [-0.2, -0.15) is 0 Å². The lowest BCUT2D eigenvalue weighted by Gasteiger charge is -2.38. The topological polar surface area (TPSA) is 102 Å². The number of hydrogen-bond donors (Lipinski definition) is 3. The number of benzene rings is 1. The number of amides is 2. The number of piperidine rings is 1. The van der Waals surface area contributed by atoms with Gasteiger partial charge in [-0.25, -0.2) is 9.18 Å². The highest BCUT2D eigenvalue weighted by Gasteiger charge is 2.34. The highest BCUT2D eigenvalue weighted by atomic mass is 19.1. The maximum atomic E-state index is 14.7. The van der Waals surface area contributed by atoms with Gasteiger partial charge in [0.15, 0.2) is 0 Å². The van der Waals surface area contributed by atoms with Crippen molar-refractivity contribution in [2.24, 2.45) is 0 Å². The third kappa shape index (κ3) is 4.30. The molecule has 2 fully saturated rings. The summed E-state index contributed by atoms with van der Waals surface area (Å²) in [6.07, 6.45) is -0.354. The Hall–Kier alpha value is -2.39. The van der Waals surface area contributed by atoms with Crippen LogP contribution in [-0.4, -0.2) is 66.7 Å². The first kappa shape index (κ1) is 19.4. The predicted molar refractivity (Wildman–Crippen MR) is 96.2 cm³/mol. The molecule has 1 aromatic carbocycles. The van der Waals surface area contributed by atoms with Crippen LogP contribution in [0.2, 0.25) is 0 Å². The summed E-state index contributed by atoms with van der Waals surface area (Å²) < 4.78 is 19.8. The molecule has 2 aliphatic rings. The van der Waals surface area contributed by atoms with Crippen LogP contribution in [0.15, 0.2) is 18.2 Å². The SMILES string of the molecule is CC(=O)NC[C@H]1CN(c2ccc(N3CCC(O)(CO)CC3)c(F)c2)C(=O)O1. The zero-order chi connectivity index (χ0) is 19.6. The van der Waals surface area contributed by atoms with Crippen LogP contribution in [0.5, 0.6) is 0 Å². The number of anilines is 2. The van der Waals surface area contributed by atoms with Gasteiger partial charge in [0, 0.05) is 20.0 Å². The van der Waals surface area contributed by atoms with Crippen molar-refractivity contribution in [2.45, 2.75) is 31.5 Å². The van der Waals surface area contributed by atoms with Crippen LogP contribution in [0.25, 0.3) is 0 Å². The number of carbonyl (C=O) groups excluding carboxylic acids is 2. The molecular formula is C18H24FN3O5. The first-order valence-electron chi connectivity index (χ1n) is 8.92. The molecule has 27 heavy (non-hydrogen) atoms. The lowest BCUT2D eigenvalue weighted by atomic mass is 9.92. The molecular weight excluding hydrogens is 357 g/mol. The summed E-state index contributed by atoms with van der Waals surface area (Å²) in [7, 11) is 0. The van der Waals surface area contributed by atoms with Crippen molar-refractivity contribution in [1.82, 2.24) is 5.32 Å². The summed E-state index contributed by atoms with van der Waals surface area (Å²) in [5, 5.41) is 21.9. The smallest absolute Gasteiger partial charge is 0.414 e. The van der Waals surface area contributed by atoms with Crippen LogP contribution < -0.4 is 15.1 Å². The van der Waals surface area contributed by atoms with Gasteiger partial charge in [-0.1, -0.05) is 0 Å². The predicted octanol–water partition coefficient (Wildman–Crippen LogP) is 0.611. The van der Waals surface area contributed by atoms with Crippen LogP contribution in [0.3, 0.4) is 0 Å². The Labute approximate surface area is 156 Å². The minimum absolute atomic E-state index is 0.208. The molecule has 0 radical (unpaired) electrons. The van der Waals surface area contributed by atoms with Crippen molar-refractivity contribution in [1.29, 1.82) is 0 Å². The number of hydrogen-bond acceptors (Lipinski definition) is 6. The summed E-state index contributed by atoms with van der Waals surface area (Å²) in [5.74, 6) is -0.686. The van der Waals surface area contributed by atoms with Crippen molar-refractivity contribution < 1.29 is 28.9 Å². The maximum Gasteiger partial charge on any atom is 0.414 e. The Balaban J connectivity index is 1.67. The van der Waals surface area contributed by atoms with Crippen LogP contribution >= 0.6 is 0 Å². The Morgan fingerprint density at radius 1 is 1.41 bits per heavy atom. The van der Waals surface area contributed by atoms with E-state index in [1.807, 2.05) is 4.90 Å². The molecule has 0 unspecified atom stereocenters. The summed E-state index contributed by atoms with van der Waals surface area (Å²) in [5.41, 5.74) is -0.327. The molecule has 0 aromatic heterocycles. The van der Waals surface area contributed by atoms with Gasteiger partial charge >= 0.3 is 6.09 Å². The molecule has 2 heterocycles. The molecule has 1 aromatic rings. The molecule has 0 bridgehead atoms. The summed E-state index contributed by atoms with van der Waals surface area (Å²) in [4.78, 5) is 26.2. The quantitative estimate of drug-likeness (QED) is 0.691. The average molecular weight is 381 g/mol. The Bertz CT molecular complexity index is 721. The first-order chi connectivity index (χ1) is 12.8. The van der Waals surface area contributed by atoms with Gasteiger partial charge in [-0.05, 0) is 31.0 Å². The standard InChI is InChI=1S/C18H24FN3O5/c1-12(24)20-9-14-10-22(17(25)27-14)13-2-3-16(15(19)8-13)21-6-4-18(26,11-23)5-7-21/h2-3,8,14,23,26H,4-7,9-11H2,1H3,(H,20,24)/t14-/m0/s1. The third-order valence-electron chi connectivity index (χ3n) is 5.02. The summed E-state index contributed by atoms with van der Waals surface area (Å²) >= 11 is 0. The van der Waals surface area contributed by atoms with Gasteiger partial charge in [0.05, 0.1) is 36.7 Å². The van der Waals surface area contributed by atoms with Gasteiger partial charge in [0.25, 0.3) is 0 Å². The minimum Gasteiger partial charge on any atom is -0.442 e. The number of nitrogens with one attached hydrogen (secondary N) is 1. The van der Waals surface area contributed by atoms with Crippen molar-refractivity contribution in [3.63, 3.8) is 0 Å². The second kappa shape index (κ2) is 7.69. The number of rotatable bonds is 5. The molecule has 0 aliphatic carbocycles. The molecule has 2 saturated heterocycles. The Morgan fingerprint density at radius 3 is 2.70 bits per heavy atom. The highest BCUT2D eigenvalue weighted by Crippen LogP contribution is 2.31. The molecule has 0 saturated carbocycles. The number of ether oxygens (including phenoxy) is 1. The highest BCUT2D eigenvalue weighted by molar-refractivity contribution is 5.90. The fraction of sp³-hybridized carbons (Fsp3) is 0.556. The van der Waals surface area contributed by atoms with Crippen LogP contribution in [0, 0.1) is 5.82 Å². The number of aliphatic hydroxyl groups excluding tert-OH is 1. The van der Waals surface area contributed by atoms with E-state index in [9.17, 15) is 24.2 Å². The van der Waals surface area contributed by atoms with E-state index in [4.69, 9.17) is 4.74 Å². The van der Waals surface area contributed by atoms with Gasteiger partial charge in [-0.3, -0.25) is 9.69 Å². The van der Waals surface area contributed by atoms with E-state index in [1.54, 1.807) is 12.1 Å². The molecule has 3 rings (SSSR count). The van der Waals surface area contributed by atoms with E-state index in [0.717, 1.165) is 0 Å². The molecule has 2 aliphatic heterocycles. The molecule has 148 valence electrons. The monoisotopic (exact) mass is 381 g/mol. The van der Waals surface area contributed by atoms with E-state index in [2.05, 4.69) is 5.32 Å². The zero-order valence-electron chi connectivity index (χ0n) is 15.2. The van der Waals surface area contributed by atoms with Crippen molar-refractivity contribution in [3.05, 3.63) is 24.0 Å². The normalized spacial score (nSPS) is 21.9. The van der Waals surface area contributed by atoms with E-state index in [1.165, 1.54) is 17.9 Å². The largest absolute Gasteiger partial charge is 0.442 e. The Kier molecular flexibility index (Phi) is 5.52. The van der Waals surface area contributed by atoms with E-state index < -0.39 is 23.6 Å². The molecule has 2 amide bonds. The van der Waals surface area contributed by atoms with E-state index in [-0.39, 0.29) is 25.6 Å². The van der Waals surface area contributed by atoms with E-state index in [0.29, 0.717) is 37.3 Å². The fourth-order valence-electron chi connectivity index (χ4n) is 3.34. The minimum atomic E-state index is -1.10. The molecule has 3 N–H and O–H groups in total. The molecule has 8 nitrogen and oxygen atoms in total. The molecule has 9 heteroatoms. The van der Waals surface area contributed by atoms with Crippen molar-refractivity contribution in [2.75, 3.05) is 42.6 Å². The number of aliphatic hydroxyl groups is 2. The van der Waals surface area contributed by atoms with Crippen LogP contribution in [0.1, 0.15) is 19.8 Å². The lowest BCUT2D eigenvalue weighted by molar-refractivity contribution is -0.119. The van der Waals surface area contributed by atoms with Gasteiger partial charge < -0.3 is 25.2 Å². The van der Waals surface area contributed by atoms with E-state index >= 15 is 0 Å². The second-order valence-corrected chi connectivity index (χ2v) is 7.06. The first-order valence-corrected chi connectivity index (χ1v) is 8.92. The maximum absolute atomic E-state index is 14.7. The third-order valence-corrected chi connectivity index (χ3v) is 5.02. The number of nitrogens with zero attached hydrogens (tertiary/aromatic N) is 2. The molecule has 0 spiro atoms. The number of halogens is 1.